The van der Waals surface area contributed by atoms with Crippen LogP contribution in [-0.4, -0.2) is 54.4 Å². The predicted molar refractivity (Wildman–Crippen MR) is 128 cm³/mol. The number of nitrogens with one attached hydrogen (secondary N) is 1. The molecule has 2 aliphatic rings. The maximum absolute atomic E-state index is 12.5. The van der Waals surface area contributed by atoms with Crippen LogP contribution < -0.4 is 18.9 Å². The molecular weight excluding hydrogens is 444 g/mol. The molecule has 10 heteroatoms. The quantitative estimate of drug-likeness (QED) is 0.466. The number of carbonyl (C=O) groups is 1. The highest BCUT2D eigenvalue weighted by molar-refractivity contribution is 8.26. The van der Waals surface area contributed by atoms with Gasteiger partial charge in [-0.25, -0.2) is 0 Å². The van der Waals surface area contributed by atoms with Crippen LogP contribution in [-0.2, 0) is 4.79 Å². The highest BCUT2D eigenvalue weighted by Crippen LogP contribution is 2.39. The zero-order valence-electron chi connectivity index (χ0n) is 18.3. The Hall–Kier alpha value is -3.79. The molecule has 0 radical (unpaired) electrons. The van der Waals surface area contributed by atoms with Crippen molar-refractivity contribution in [2.24, 2.45) is 10.1 Å². The molecular formula is C23H22N4O5S. The number of hydrogen-bond acceptors (Lipinski definition) is 8. The highest BCUT2D eigenvalue weighted by Gasteiger charge is 2.34. The smallest absolute Gasteiger partial charge is 0.283 e. The zero-order valence-corrected chi connectivity index (χ0v) is 19.1. The molecule has 1 amide bonds. The molecule has 0 unspecified atom stereocenters. The average Bonchev–Trinajstić information content (AvgIpc) is 3.20. The van der Waals surface area contributed by atoms with E-state index in [1.165, 1.54) is 31.0 Å². The molecule has 0 saturated heterocycles. The average molecular weight is 467 g/mol. The van der Waals surface area contributed by atoms with E-state index in [9.17, 15) is 4.79 Å². The maximum Gasteiger partial charge on any atom is 0.283 e. The van der Waals surface area contributed by atoms with E-state index in [2.05, 4.69) is 10.1 Å². The first-order valence-corrected chi connectivity index (χ1v) is 10.8. The molecule has 2 aliphatic heterocycles. The van der Waals surface area contributed by atoms with E-state index in [1.807, 2.05) is 30.3 Å². The predicted octanol–water partition coefficient (Wildman–Crippen LogP) is 3.80. The van der Waals surface area contributed by atoms with E-state index in [1.54, 1.807) is 25.1 Å². The van der Waals surface area contributed by atoms with Crippen LogP contribution in [0, 0.1) is 5.41 Å². The van der Waals surface area contributed by atoms with E-state index < -0.39 is 5.91 Å². The Morgan fingerprint density at radius 3 is 2.39 bits per heavy atom. The van der Waals surface area contributed by atoms with E-state index in [4.69, 9.17) is 24.4 Å². The second kappa shape index (κ2) is 9.78. The van der Waals surface area contributed by atoms with Crippen LogP contribution in [0.2, 0.25) is 0 Å². The maximum atomic E-state index is 12.5. The van der Waals surface area contributed by atoms with Crippen molar-refractivity contribution >= 4 is 39.8 Å². The zero-order chi connectivity index (χ0) is 23.4. The van der Waals surface area contributed by atoms with Gasteiger partial charge in [0.05, 0.1) is 24.8 Å². The van der Waals surface area contributed by atoms with Crippen molar-refractivity contribution < 1.29 is 23.7 Å². The van der Waals surface area contributed by atoms with Crippen molar-refractivity contribution in [3.63, 3.8) is 0 Å². The number of ether oxygens (including phenoxy) is 4. The molecule has 0 bridgehead atoms. The molecule has 0 aromatic heterocycles. The van der Waals surface area contributed by atoms with Gasteiger partial charge in [-0.05, 0) is 54.6 Å². The molecule has 170 valence electrons. The molecule has 0 spiro atoms. The lowest BCUT2D eigenvalue weighted by Crippen LogP contribution is -2.35. The molecule has 2 aromatic carbocycles. The summed E-state index contributed by atoms with van der Waals surface area (Å²) >= 11 is 1.26. The molecule has 1 N–H and O–H groups in total. The largest absolute Gasteiger partial charge is 0.493 e. The van der Waals surface area contributed by atoms with Crippen molar-refractivity contribution in [3.8, 4) is 23.0 Å². The molecule has 9 nitrogen and oxygen atoms in total. The number of hydrazone groups is 1. The van der Waals surface area contributed by atoms with E-state index in [-0.39, 0.29) is 18.0 Å². The van der Waals surface area contributed by atoms with Crippen LogP contribution >= 0.6 is 11.8 Å². The summed E-state index contributed by atoms with van der Waals surface area (Å²) in [6.45, 7) is 2.40. The number of hydrogen-bond donors (Lipinski definition) is 1. The monoisotopic (exact) mass is 466 g/mol. The van der Waals surface area contributed by atoms with Gasteiger partial charge in [-0.1, -0.05) is 18.2 Å². The molecule has 2 aromatic rings. The van der Waals surface area contributed by atoms with Gasteiger partial charge in [-0.3, -0.25) is 10.2 Å². The van der Waals surface area contributed by atoms with E-state index in [0.29, 0.717) is 39.6 Å². The molecule has 4 rings (SSSR count). The summed E-state index contributed by atoms with van der Waals surface area (Å²) in [6.07, 6.45) is 1.56. The van der Waals surface area contributed by atoms with Gasteiger partial charge in [0.15, 0.2) is 17.3 Å². The molecule has 0 aliphatic carbocycles. The number of carbonyl (C=O) groups excluding carboxylic acids is 1. The van der Waals surface area contributed by atoms with E-state index in [0.717, 1.165) is 5.75 Å². The van der Waals surface area contributed by atoms with Crippen molar-refractivity contribution in [1.29, 1.82) is 5.41 Å². The van der Waals surface area contributed by atoms with Gasteiger partial charge in [0.2, 0.25) is 10.9 Å². The number of aliphatic imine (C=N–C) groups is 1. The minimum atomic E-state index is -0.500. The molecule has 0 saturated carbocycles. The highest BCUT2D eigenvalue weighted by atomic mass is 32.2. The first-order valence-electron chi connectivity index (χ1n) is 10.0. The van der Waals surface area contributed by atoms with Crippen molar-refractivity contribution in [1.82, 2.24) is 5.01 Å². The Kier molecular flexibility index (Phi) is 6.64. The summed E-state index contributed by atoms with van der Waals surface area (Å²) in [5.41, 5.74) is 0.711. The lowest BCUT2D eigenvalue weighted by atomic mass is 10.1. The Bertz CT molecular complexity index is 1150. The fourth-order valence-electron chi connectivity index (χ4n) is 3.20. The number of nitrogens with zero attached hydrogens (tertiary/aromatic N) is 3. The number of para-hydroxylation sites is 1. The second-order valence-corrected chi connectivity index (χ2v) is 8.06. The Morgan fingerprint density at radius 2 is 1.73 bits per heavy atom. The number of benzene rings is 2. The lowest BCUT2D eigenvalue weighted by Gasteiger charge is -2.20. The van der Waals surface area contributed by atoms with Crippen molar-refractivity contribution in [3.05, 3.63) is 53.6 Å². The topological polar surface area (TPSA) is 106 Å². The van der Waals surface area contributed by atoms with Crippen LogP contribution in [0.4, 0.5) is 0 Å². The van der Waals surface area contributed by atoms with Crippen LogP contribution in [0.5, 0.6) is 23.0 Å². The standard InChI is InChI=1S/C23H22N4O5S/c1-14-26-27-21(24)17(22(28)25-23(27)33-14)11-15-12-18(29-2)20(19(13-15)30-3)32-10-9-31-16-7-5-4-6-8-16/h4-8,11-13,24H,9-10H2,1-3H3. The lowest BCUT2D eigenvalue weighted by molar-refractivity contribution is -0.114. The van der Waals surface area contributed by atoms with Crippen LogP contribution in [0.15, 0.2) is 58.1 Å². The third-order valence-electron chi connectivity index (χ3n) is 4.69. The van der Waals surface area contributed by atoms with Gasteiger partial charge < -0.3 is 18.9 Å². The Morgan fingerprint density at radius 1 is 1.06 bits per heavy atom. The normalized spacial score (nSPS) is 16.3. The van der Waals surface area contributed by atoms with Gasteiger partial charge >= 0.3 is 0 Å². The minimum absolute atomic E-state index is 0.0364. The number of fused-ring (bicyclic) bond motifs is 1. The summed E-state index contributed by atoms with van der Waals surface area (Å²) in [6, 6.07) is 12.9. The SMILES string of the molecule is COc1cc(C=C2C(=N)N3N=C(C)SC3=NC2=O)cc(OC)c1OCCOc1ccccc1. The third kappa shape index (κ3) is 4.85. The van der Waals surface area contributed by atoms with Gasteiger partial charge in [0, 0.05) is 0 Å². The number of methoxy groups -OCH3 is 2. The van der Waals surface area contributed by atoms with Crippen LogP contribution in [0.25, 0.3) is 6.08 Å². The van der Waals surface area contributed by atoms with Gasteiger partial charge in [0.25, 0.3) is 5.91 Å². The van der Waals surface area contributed by atoms with Gasteiger partial charge in [0.1, 0.15) is 19.0 Å². The second-order valence-electron chi connectivity index (χ2n) is 6.90. The number of amides is 1. The minimum Gasteiger partial charge on any atom is -0.493 e. The van der Waals surface area contributed by atoms with Crippen molar-refractivity contribution in [2.45, 2.75) is 6.92 Å². The number of thioether (sulfide) groups is 1. The first-order chi connectivity index (χ1) is 16.0. The fourth-order valence-corrected chi connectivity index (χ4v) is 3.93. The van der Waals surface area contributed by atoms with Crippen LogP contribution in [0.1, 0.15) is 12.5 Å². The van der Waals surface area contributed by atoms with Gasteiger partial charge in [-0.2, -0.15) is 15.1 Å². The fraction of sp³-hybridized carbons (Fsp3) is 0.217. The molecule has 2 heterocycles. The summed E-state index contributed by atoms with van der Waals surface area (Å²) in [4.78, 5) is 16.6. The molecule has 33 heavy (non-hydrogen) atoms. The Balaban J connectivity index is 1.54. The number of amidine groups is 2. The summed E-state index contributed by atoms with van der Waals surface area (Å²) < 4.78 is 22.5. The first kappa shape index (κ1) is 22.4. The van der Waals surface area contributed by atoms with Gasteiger partial charge in [-0.15, -0.1) is 0 Å². The van der Waals surface area contributed by atoms with Crippen LogP contribution in [0.3, 0.4) is 0 Å². The molecule has 0 atom stereocenters. The number of rotatable bonds is 8. The summed E-state index contributed by atoms with van der Waals surface area (Å²) in [5.74, 6) is 1.48. The summed E-state index contributed by atoms with van der Waals surface area (Å²) in [7, 11) is 3.03. The van der Waals surface area contributed by atoms with E-state index >= 15 is 0 Å². The Labute approximate surface area is 195 Å². The third-order valence-corrected chi connectivity index (χ3v) is 5.51. The van der Waals surface area contributed by atoms with Crippen molar-refractivity contribution in [2.75, 3.05) is 27.4 Å². The molecule has 0 fully saturated rings. The summed E-state index contributed by atoms with van der Waals surface area (Å²) in [5, 5.41) is 15.1.